The molecule has 0 bridgehead atoms. The van der Waals surface area contributed by atoms with Crippen molar-refractivity contribution in [2.45, 2.75) is 32.6 Å². The van der Waals surface area contributed by atoms with Crippen LogP contribution in [0.1, 0.15) is 19.4 Å². The predicted molar refractivity (Wildman–Crippen MR) is 74.4 cm³/mol. The summed E-state index contributed by atoms with van der Waals surface area (Å²) in [6.45, 7) is 7.06. The third kappa shape index (κ3) is 3.68. The van der Waals surface area contributed by atoms with Gasteiger partial charge in [-0.05, 0) is 31.5 Å². The summed E-state index contributed by atoms with van der Waals surface area (Å²) in [5.41, 5.74) is 1.18. The molecule has 0 saturated carbocycles. The topological polar surface area (TPSA) is 12.5 Å². The maximum absolute atomic E-state index is 6.23. The Balaban J connectivity index is 2.04. The molecule has 1 aliphatic heterocycles. The van der Waals surface area contributed by atoms with Gasteiger partial charge in [0, 0.05) is 29.1 Å². The number of halogens is 2. The number of morpholine rings is 1. The summed E-state index contributed by atoms with van der Waals surface area (Å²) >= 11 is 9.66. The van der Waals surface area contributed by atoms with Gasteiger partial charge in [-0.1, -0.05) is 33.6 Å². The van der Waals surface area contributed by atoms with Crippen molar-refractivity contribution in [3.05, 3.63) is 33.3 Å². The number of benzene rings is 1. The van der Waals surface area contributed by atoms with Gasteiger partial charge in [0.2, 0.25) is 0 Å². The molecule has 0 N–H and O–H groups in total. The van der Waals surface area contributed by atoms with E-state index in [0.29, 0.717) is 12.2 Å². The second-order valence-corrected chi connectivity index (χ2v) is 6.01. The molecule has 1 aromatic carbocycles. The molecule has 0 unspecified atom stereocenters. The smallest absolute Gasteiger partial charge is 0.0678 e. The molecule has 0 aliphatic carbocycles. The van der Waals surface area contributed by atoms with Gasteiger partial charge in [0.15, 0.2) is 0 Å². The van der Waals surface area contributed by atoms with E-state index in [0.717, 1.165) is 29.1 Å². The molecule has 1 heterocycles. The quantitative estimate of drug-likeness (QED) is 0.824. The highest BCUT2D eigenvalue weighted by Crippen LogP contribution is 2.23. The molecule has 0 spiro atoms. The van der Waals surface area contributed by atoms with Crippen molar-refractivity contribution >= 4 is 27.5 Å². The van der Waals surface area contributed by atoms with Gasteiger partial charge in [-0.15, -0.1) is 0 Å². The Morgan fingerprint density at radius 1 is 1.35 bits per heavy atom. The van der Waals surface area contributed by atoms with E-state index in [1.54, 1.807) is 0 Å². The van der Waals surface area contributed by atoms with Crippen molar-refractivity contribution in [3.63, 3.8) is 0 Å². The molecule has 0 aromatic heterocycles. The van der Waals surface area contributed by atoms with Gasteiger partial charge in [-0.25, -0.2) is 0 Å². The van der Waals surface area contributed by atoms with Gasteiger partial charge in [0.05, 0.1) is 12.2 Å². The first-order valence-electron chi connectivity index (χ1n) is 5.86. The van der Waals surface area contributed by atoms with Crippen LogP contribution in [0.5, 0.6) is 0 Å². The van der Waals surface area contributed by atoms with Crippen LogP contribution in [0.3, 0.4) is 0 Å². The van der Waals surface area contributed by atoms with E-state index in [1.165, 1.54) is 5.56 Å². The van der Waals surface area contributed by atoms with Crippen molar-refractivity contribution in [3.8, 4) is 0 Å². The predicted octanol–water partition coefficient (Wildman–Crippen LogP) is 3.71. The fourth-order valence-electron chi connectivity index (χ4n) is 2.30. The van der Waals surface area contributed by atoms with Crippen LogP contribution < -0.4 is 0 Å². The molecular formula is C13H17BrClNO. The lowest BCUT2D eigenvalue weighted by Gasteiger charge is -2.35. The third-order valence-electron chi connectivity index (χ3n) is 2.90. The van der Waals surface area contributed by atoms with Crippen molar-refractivity contribution in [1.29, 1.82) is 0 Å². The lowest BCUT2D eigenvalue weighted by molar-refractivity contribution is -0.0704. The van der Waals surface area contributed by atoms with Crippen LogP contribution in [0.4, 0.5) is 0 Å². The van der Waals surface area contributed by atoms with E-state index in [9.17, 15) is 0 Å². The zero-order valence-electron chi connectivity index (χ0n) is 10.1. The highest BCUT2D eigenvalue weighted by Gasteiger charge is 2.22. The van der Waals surface area contributed by atoms with E-state index in [-0.39, 0.29) is 0 Å². The second-order valence-electron chi connectivity index (χ2n) is 4.69. The first kappa shape index (κ1) is 13.3. The van der Waals surface area contributed by atoms with Crippen molar-refractivity contribution in [2.24, 2.45) is 0 Å². The number of hydrogen-bond donors (Lipinski definition) is 0. The first-order chi connectivity index (χ1) is 8.04. The van der Waals surface area contributed by atoms with Crippen LogP contribution in [0.2, 0.25) is 5.02 Å². The molecule has 1 fully saturated rings. The zero-order chi connectivity index (χ0) is 12.4. The largest absolute Gasteiger partial charge is 0.373 e. The summed E-state index contributed by atoms with van der Waals surface area (Å²) in [5.74, 6) is 0. The van der Waals surface area contributed by atoms with Crippen LogP contribution in [0, 0.1) is 0 Å². The molecule has 2 rings (SSSR count). The zero-order valence-corrected chi connectivity index (χ0v) is 12.5. The number of rotatable bonds is 2. The Bertz CT molecular complexity index is 389. The van der Waals surface area contributed by atoms with Gasteiger partial charge in [0.25, 0.3) is 0 Å². The fourth-order valence-corrected chi connectivity index (χ4v) is 3.04. The second kappa shape index (κ2) is 5.70. The molecule has 0 amide bonds. The Hall–Kier alpha value is -0.0900. The van der Waals surface area contributed by atoms with Gasteiger partial charge in [0.1, 0.15) is 0 Å². The number of nitrogens with zero attached hydrogens (tertiary/aromatic N) is 1. The highest BCUT2D eigenvalue weighted by atomic mass is 79.9. The normalized spacial score (nSPS) is 26.1. The molecule has 4 heteroatoms. The summed E-state index contributed by atoms with van der Waals surface area (Å²) in [7, 11) is 0. The summed E-state index contributed by atoms with van der Waals surface area (Å²) in [6.07, 6.45) is 0.598. The van der Waals surface area contributed by atoms with Crippen LogP contribution in [-0.2, 0) is 11.3 Å². The van der Waals surface area contributed by atoms with E-state index < -0.39 is 0 Å². The van der Waals surface area contributed by atoms with E-state index in [2.05, 4.69) is 40.7 Å². The average molecular weight is 319 g/mol. The maximum atomic E-state index is 6.23. The highest BCUT2D eigenvalue weighted by molar-refractivity contribution is 9.10. The van der Waals surface area contributed by atoms with Gasteiger partial charge >= 0.3 is 0 Å². The molecule has 2 atom stereocenters. The van der Waals surface area contributed by atoms with Crippen LogP contribution in [0.15, 0.2) is 22.7 Å². The molecule has 1 aromatic rings. The van der Waals surface area contributed by atoms with E-state index in [4.69, 9.17) is 16.3 Å². The van der Waals surface area contributed by atoms with Crippen molar-refractivity contribution < 1.29 is 4.74 Å². The number of ether oxygens (including phenoxy) is 1. The summed E-state index contributed by atoms with van der Waals surface area (Å²) in [6, 6.07) is 6.07. The Labute approximate surface area is 116 Å². The van der Waals surface area contributed by atoms with Gasteiger partial charge < -0.3 is 4.74 Å². The standard InChI is InChI=1S/C13H17BrClNO/c1-9-6-16(7-10(2)17-9)8-11-3-4-12(14)5-13(11)15/h3-5,9-10H,6-8H2,1-2H3/t9-,10+. The maximum Gasteiger partial charge on any atom is 0.0678 e. The molecule has 2 nitrogen and oxygen atoms in total. The van der Waals surface area contributed by atoms with E-state index >= 15 is 0 Å². The Morgan fingerprint density at radius 3 is 2.59 bits per heavy atom. The molecule has 17 heavy (non-hydrogen) atoms. The average Bonchev–Trinajstić information content (AvgIpc) is 2.21. The monoisotopic (exact) mass is 317 g/mol. The molecule has 94 valence electrons. The lowest BCUT2D eigenvalue weighted by Crippen LogP contribution is -2.44. The third-order valence-corrected chi connectivity index (χ3v) is 3.75. The van der Waals surface area contributed by atoms with Gasteiger partial charge in [-0.3, -0.25) is 4.90 Å². The Morgan fingerprint density at radius 2 is 2.00 bits per heavy atom. The minimum Gasteiger partial charge on any atom is -0.373 e. The van der Waals surface area contributed by atoms with Crippen LogP contribution in [0.25, 0.3) is 0 Å². The lowest BCUT2D eigenvalue weighted by atomic mass is 10.1. The van der Waals surface area contributed by atoms with E-state index in [1.807, 2.05) is 12.1 Å². The molecule has 0 radical (unpaired) electrons. The number of hydrogen-bond acceptors (Lipinski definition) is 2. The van der Waals surface area contributed by atoms with Crippen LogP contribution in [-0.4, -0.2) is 30.2 Å². The summed E-state index contributed by atoms with van der Waals surface area (Å²) < 4.78 is 6.74. The molecule has 1 saturated heterocycles. The minimum atomic E-state index is 0.299. The molecular weight excluding hydrogens is 302 g/mol. The van der Waals surface area contributed by atoms with Crippen LogP contribution >= 0.6 is 27.5 Å². The van der Waals surface area contributed by atoms with Crippen molar-refractivity contribution in [2.75, 3.05) is 13.1 Å². The molecule has 1 aliphatic rings. The van der Waals surface area contributed by atoms with Crippen molar-refractivity contribution in [1.82, 2.24) is 4.90 Å². The minimum absolute atomic E-state index is 0.299. The first-order valence-corrected chi connectivity index (χ1v) is 7.03. The summed E-state index contributed by atoms with van der Waals surface area (Å²) in [4.78, 5) is 2.40. The SMILES string of the molecule is C[C@@H]1CN(Cc2ccc(Br)cc2Cl)C[C@H](C)O1. The summed E-state index contributed by atoms with van der Waals surface area (Å²) in [5, 5.41) is 0.825. The fraction of sp³-hybridized carbons (Fsp3) is 0.538. The Kier molecular flexibility index (Phi) is 4.47. The van der Waals surface area contributed by atoms with Gasteiger partial charge in [-0.2, -0.15) is 0 Å².